The van der Waals surface area contributed by atoms with E-state index < -0.39 is 0 Å². The topological polar surface area (TPSA) is 61.0 Å². The van der Waals surface area contributed by atoms with E-state index in [4.69, 9.17) is 22.7 Å². The monoisotopic (exact) mass is 239 g/mol. The second kappa shape index (κ2) is 5.75. The number of hydrogen-bond acceptors (Lipinski definition) is 4. The minimum atomic E-state index is 0.324. The Kier molecular flexibility index (Phi) is 4.61. The van der Waals surface area contributed by atoms with Gasteiger partial charge in [0.1, 0.15) is 4.99 Å². The molecule has 0 radical (unpaired) electrons. The third-order valence-electron chi connectivity index (χ3n) is 2.34. The average molecular weight is 239 g/mol. The Labute approximate surface area is 101 Å². The molecule has 0 aliphatic rings. The molecular weight excluding hydrogens is 222 g/mol. The zero-order valence-corrected chi connectivity index (χ0v) is 10.7. The number of aromatic nitrogens is 2. The van der Waals surface area contributed by atoms with Crippen molar-refractivity contribution in [2.45, 2.75) is 33.6 Å². The quantitative estimate of drug-likeness (QED) is 0.791. The van der Waals surface area contributed by atoms with Crippen molar-refractivity contribution in [1.82, 2.24) is 10.2 Å². The first-order valence-electron chi connectivity index (χ1n) is 5.46. The first kappa shape index (κ1) is 12.8. The highest BCUT2D eigenvalue weighted by Crippen LogP contribution is 2.22. The number of nitrogens with zero attached hydrogens (tertiary/aromatic N) is 2. The first-order chi connectivity index (χ1) is 7.65. The summed E-state index contributed by atoms with van der Waals surface area (Å²) in [5.74, 6) is 0.448. The summed E-state index contributed by atoms with van der Waals surface area (Å²) in [4.78, 5) is 0.324. The van der Waals surface area contributed by atoms with E-state index in [1.165, 1.54) is 0 Å². The van der Waals surface area contributed by atoms with Crippen LogP contribution in [0.5, 0.6) is 5.88 Å². The predicted molar refractivity (Wildman–Crippen MR) is 67.8 cm³/mol. The van der Waals surface area contributed by atoms with Gasteiger partial charge in [-0.05, 0) is 25.3 Å². The molecule has 0 atom stereocenters. The van der Waals surface area contributed by atoms with E-state index in [1.54, 1.807) is 0 Å². The van der Waals surface area contributed by atoms with Gasteiger partial charge in [0.25, 0.3) is 0 Å². The SMILES string of the molecule is CCOc1nnc(CC)c(CC)c1C(N)=S. The van der Waals surface area contributed by atoms with E-state index in [2.05, 4.69) is 10.2 Å². The van der Waals surface area contributed by atoms with Crippen molar-refractivity contribution in [3.05, 3.63) is 16.8 Å². The number of nitrogens with two attached hydrogens (primary N) is 1. The molecule has 0 aromatic carbocycles. The van der Waals surface area contributed by atoms with Gasteiger partial charge in [0.2, 0.25) is 5.88 Å². The zero-order valence-electron chi connectivity index (χ0n) is 9.91. The van der Waals surface area contributed by atoms with Crippen molar-refractivity contribution in [2.24, 2.45) is 5.73 Å². The van der Waals surface area contributed by atoms with Crippen LogP contribution >= 0.6 is 12.2 Å². The molecule has 0 fully saturated rings. The minimum absolute atomic E-state index is 0.324. The molecular formula is C11H17N3OS. The lowest BCUT2D eigenvalue weighted by Crippen LogP contribution is -2.18. The largest absolute Gasteiger partial charge is 0.476 e. The molecule has 0 unspecified atom stereocenters. The van der Waals surface area contributed by atoms with Crippen LogP contribution in [-0.2, 0) is 12.8 Å². The molecule has 16 heavy (non-hydrogen) atoms. The molecule has 0 spiro atoms. The molecule has 1 aromatic rings. The van der Waals surface area contributed by atoms with Gasteiger partial charge in [-0.2, -0.15) is 5.10 Å². The smallest absolute Gasteiger partial charge is 0.244 e. The standard InChI is InChI=1S/C11H17N3OS/c1-4-7-8(5-2)13-14-11(15-6-3)9(7)10(12)16/h4-6H2,1-3H3,(H2,12,16). The lowest BCUT2D eigenvalue weighted by Gasteiger charge is -2.13. The van der Waals surface area contributed by atoms with Crippen LogP contribution in [0, 0.1) is 0 Å². The van der Waals surface area contributed by atoms with E-state index in [-0.39, 0.29) is 0 Å². The van der Waals surface area contributed by atoms with Crippen molar-refractivity contribution in [3.8, 4) is 5.88 Å². The van der Waals surface area contributed by atoms with Crippen LogP contribution < -0.4 is 10.5 Å². The van der Waals surface area contributed by atoms with Gasteiger partial charge in [0.15, 0.2) is 0 Å². The zero-order chi connectivity index (χ0) is 12.1. The summed E-state index contributed by atoms with van der Waals surface area (Å²) in [6.45, 7) is 6.50. The predicted octanol–water partition coefficient (Wildman–Crippen LogP) is 1.63. The van der Waals surface area contributed by atoms with Gasteiger partial charge in [-0.25, -0.2) is 0 Å². The summed E-state index contributed by atoms with van der Waals surface area (Å²) in [6.07, 6.45) is 1.64. The fourth-order valence-corrected chi connectivity index (χ4v) is 1.86. The van der Waals surface area contributed by atoms with E-state index >= 15 is 0 Å². The van der Waals surface area contributed by atoms with E-state index in [9.17, 15) is 0 Å². The number of aryl methyl sites for hydroxylation is 1. The van der Waals surface area contributed by atoms with Crippen molar-refractivity contribution < 1.29 is 4.74 Å². The molecule has 1 aromatic heterocycles. The minimum Gasteiger partial charge on any atom is -0.476 e. The lowest BCUT2D eigenvalue weighted by atomic mass is 10.0. The van der Waals surface area contributed by atoms with Crippen LogP contribution in [0.15, 0.2) is 0 Å². The van der Waals surface area contributed by atoms with Crippen molar-refractivity contribution in [3.63, 3.8) is 0 Å². The lowest BCUT2D eigenvalue weighted by molar-refractivity contribution is 0.321. The highest BCUT2D eigenvalue weighted by atomic mass is 32.1. The highest BCUT2D eigenvalue weighted by Gasteiger charge is 2.17. The Bertz CT molecular complexity index is 393. The van der Waals surface area contributed by atoms with Gasteiger partial charge >= 0.3 is 0 Å². The molecule has 0 saturated carbocycles. The molecule has 2 N–H and O–H groups in total. The molecule has 4 nitrogen and oxygen atoms in total. The van der Waals surface area contributed by atoms with Crippen LogP contribution in [0.25, 0.3) is 0 Å². The van der Waals surface area contributed by atoms with Crippen LogP contribution in [0.1, 0.15) is 37.6 Å². The number of rotatable bonds is 5. The van der Waals surface area contributed by atoms with Gasteiger partial charge < -0.3 is 10.5 Å². The molecule has 5 heteroatoms. The average Bonchev–Trinajstić information content (AvgIpc) is 2.28. The van der Waals surface area contributed by atoms with Crippen LogP contribution in [0.4, 0.5) is 0 Å². The van der Waals surface area contributed by atoms with E-state index in [0.717, 1.165) is 29.7 Å². The van der Waals surface area contributed by atoms with Crippen molar-refractivity contribution in [2.75, 3.05) is 6.61 Å². The highest BCUT2D eigenvalue weighted by molar-refractivity contribution is 7.80. The summed E-state index contributed by atoms with van der Waals surface area (Å²) < 4.78 is 5.40. The molecule has 88 valence electrons. The second-order valence-corrected chi connectivity index (χ2v) is 3.75. The maximum Gasteiger partial charge on any atom is 0.244 e. The Morgan fingerprint density at radius 2 is 1.94 bits per heavy atom. The van der Waals surface area contributed by atoms with Gasteiger partial charge in [0.05, 0.1) is 17.9 Å². The van der Waals surface area contributed by atoms with E-state index in [0.29, 0.717) is 17.5 Å². The van der Waals surface area contributed by atoms with E-state index in [1.807, 2.05) is 20.8 Å². The van der Waals surface area contributed by atoms with Crippen molar-refractivity contribution >= 4 is 17.2 Å². The number of ether oxygens (including phenoxy) is 1. The summed E-state index contributed by atoms with van der Waals surface area (Å²) >= 11 is 5.06. The summed E-state index contributed by atoms with van der Waals surface area (Å²) in [7, 11) is 0. The summed E-state index contributed by atoms with van der Waals surface area (Å²) in [5.41, 5.74) is 8.46. The number of thiocarbonyl (C=S) groups is 1. The Morgan fingerprint density at radius 1 is 1.25 bits per heavy atom. The van der Waals surface area contributed by atoms with Gasteiger partial charge in [0, 0.05) is 0 Å². The molecule has 0 aliphatic carbocycles. The normalized spacial score (nSPS) is 10.2. The Hall–Kier alpha value is -1.23. The van der Waals surface area contributed by atoms with Gasteiger partial charge in [-0.3, -0.25) is 0 Å². The van der Waals surface area contributed by atoms with Crippen molar-refractivity contribution in [1.29, 1.82) is 0 Å². The van der Waals surface area contributed by atoms with Gasteiger partial charge in [-0.15, -0.1) is 5.10 Å². The molecule has 0 amide bonds. The maximum absolute atomic E-state index is 5.73. The van der Waals surface area contributed by atoms with Crippen LogP contribution in [-0.4, -0.2) is 21.8 Å². The molecule has 0 bridgehead atoms. The fourth-order valence-electron chi connectivity index (χ4n) is 1.65. The third kappa shape index (κ3) is 2.47. The van der Waals surface area contributed by atoms with Crippen LogP contribution in [0.2, 0.25) is 0 Å². The van der Waals surface area contributed by atoms with Gasteiger partial charge in [-0.1, -0.05) is 26.1 Å². The number of hydrogen-bond donors (Lipinski definition) is 1. The van der Waals surface area contributed by atoms with Crippen LogP contribution in [0.3, 0.4) is 0 Å². The fraction of sp³-hybridized carbons (Fsp3) is 0.545. The Morgan fingerprint density at radius 3 is 2.38 bits per heavy atom. The first-order valence-corrected chi connectivity index (χ1v) is 5.87. The molecule has 1 rings (SSSR count). The molecule has 0 aliphatic heterocycles. The summed E-state index contributed by atoms with van der Waals surface area (Å²) in [6, 6.07) is 0. The maximum atomic E-state index is 5.73. The molecule has 1 heterocycles. The summed E-state index contributed by atoms with van der Waals surface area (Å²) in [5, 5.41) is 8.17. The third-order valence-corrected chi connectivity index (χ3v) is 2.55. The molecule has 0 saturated heterocycles. The Balaban J connectivity index is 3.37. The second-order valence-electron chi connectivity index (χ2n) is 3.31.